The van der Waals surface area contributed by atoms with Crippen LogP contribution in [0.25, 0.3) is 0 Å². The second-order valence-electron chi connectivity index (χ2n) is 9.34. The zero-order valence-electron chi connectivity index (χ0n) is 21.5. The molecule has 2 N–H and O–H groups in total. The quantitative estimate of drug-likeness (QED) is 0.374. The Hall–Kier alpha value is -3.47. The minimum Gasteiger partial charge on any atom is -0.445 e. The molecule has 0 fully saturated rings. The van der Waals surface area contributed by atoms with Gasteiger partial charge in [-0.15, -0.1) is 5.10 Å². The Bertz CT molecular complexity index is 1050. The molecule has 11 nitrogen and oxygen atoms in total. The SMILES string of the molecule is COCCC(NC(=O)C(CC(C)C)NC(=O)OCc1ccccc1)C(=O)c1nn(CC(C)C)c(=O)o1. The standard InChI is InChI=1S/C25H36N4O7/c1-16(2)13-20(27-24(32)35-15-18-9-7-6-8-10-18)22(31)26-19(11-12-34-5)21(30)23-28-29(14-17(3)4)25(33)36-23/h6-10,16-17,19-20H,11-15H2,1-5H3,(H,26,31)(H,27,32). The van der Waals surface area contributed by atoms with Gasteiger partial charge < -0.3 is 24.5 Å². The smallest absolute Gasteiger partial charge is 0.437 e. The Balaban J connectivity index is 2.11. The van der Waals surface area contributed by atoms with E-state index in [0.29, 0.717) is 6.42 Å². The van der Waals surface area contributed by atoms with Crippen LogP contribution in [0, 0.1) is 11.8 Å². The molecule has 0 saturated heterocycles. The van der Waals surface area contributed by atoms with Gasteiger partial charge in [0.2, 0.25) is 11.7 Å². The number of hydrogen-bond acceptors (Lipinski definition) is 8. The first-order valence-electron chi connectivity index (χ1n) is 12.0. The minimum atomic E-state index is -1.07. The molecular formula is C25H36N4O7. The number of benzene rings is 1. The summed E-state index contributed by atoms with van der Waals surface area (Å²) in [6, 6.07) is 7.13. The fourth-order valence-corrected chi connectivity index (χ4v) is 3.40. The number of Topliss-reactive ketones (excluding diaryl/α,β-unsaturated/α-hetero) is 1. The van der Waals surface area contributed by atoms with E-state index >= 15 is 0 Å². The summed E-state index contributed by atoms with van der Waals surface area (Å²) in [5, 5.41) is 9.23. The molecule has 2 rings (SSSR count). The molecule has 1 aromatic heterocycles. The topological polar surface area (TPSA) is 142 Å². The monoisotopic (exact) mass is 504 g/mol. The zero-order chi connectivity index (χ0) is 26.7. The maximum atomic E-state index is 13.1. The van der Waals surface area contributed by atoms with Gasteiger partial charge in [-0.2, -0.15) is 4.68 Å². The molecule has 0 bridgehead atoms. The maximum absolute atomic E-state index is 13.1. The molecule has 2 unspecified atom stereocenters. The molecule has 0 spiro atoms. The summed E-state index contributed by atoms with van der Waals surface area (Å²) in [5.41, 5.74) is 0.807. The summed E-state index contributed by atoms with van der Waals surface area (Å²) in [4.78, 5) is 50.6. The Morgan fingerprint density at radius 3 is 2.33 bits per heavy atom. The van der Waals surface area contributed by atoms with Crippen molar-refractivity contribution in [2.75, 3.05) is 13.7 Å². The molecule has 11 heteroatoms. The lowest BCUT2D eigenvalue weighted by Crippen LogP contribution is -2.52. The van der Waals surface area contributed by atoms with E-state index in [1.54, 1.807) is 0 Å². The summed E-state index contributed by atoms with van der Waals surface area (Å²) in [6.07, 6.45) is -0.317. The second-order valence-corrected chi connectivity index (χ2v) is 9.34. The number of carbonyl (C=O) groups excluding carboxylic acids is 3. The van der Waals surface area contributed by atoms with Crippen LogP contribution >= 0.6 is 0 Å². The van der Waals surface area contributed by atoms with Gasteiger partial charge in [0, 0.05) is 13.7 Å². The highest BCUT2D eigenvalue weighted by molar-refractivity contribution is 5.99. The first-order chi connectivity index (χ1) is 17.1. The minimum absolute atomic E-state index is 0.0513. The highest BCUT2D eigenvalue weighted by Gasteiger charge is 2.31. The van der Waals surface area contributed by atoms with E-state index in [0.717, 1.165) is 10.2 Å². The lowest BCUT2D eigenvalue weighted by molar-refractivity contribution is -0.124. The molecule has 1 heterocycles. The van der Waals surface area contributed by atoms with Crippen molar-refractivity contribution in [1.82, 2.24) is 20.4 Å². The Kier molecular flexibility index (Phi) is 11.3. The van der Waals surface area contributed by atoms with Gasteiger partial charge in [0.05, 0.1) is 12.6 Å². The second kappa shape index (κ2) is 14.2. The third-order valence-corrected chi connectivity index (χ3v) is 5.13. The molecule has 2 amide bonds. The van der Waals surface area contributed by atoms with E-state index in [4.69, 9.17) is 13.9 Å². The van der Waals surface area contributed by atoms with Crippen molar-refractivity contribution in [2.24, 2.45) is 11.8 Å². The van der Waals surface area contributed by atoms with E-state index in [1.165, 1.54) is 7.11 Å². The lowest BCUT2D eigenvalue weighted by atomic mass is 10.0. The first kappa shape index (κ1) is 28.8. The average Bonchev–Trinajstić information content (AvgIpc) is 3.19. The Morgan fingerprint density at radius 2 is 1.72 bits per heavy atom. The molecule has 2 aromatic rings. The summed E-state index contributed by atoms with van der Waals surface area (Å²) in [5.74, 6) is -2.19. The molecule has 0 aliphatic rings. The number of carbonyl (C=O) groups is 3. The van der Waals surface area contributed by atoms with Gasteiger partial charge in [0.1, 0.15) is 12.6 Å². The van der Waals surface area contributed by atoms with E-state index in [2.05, 4.69) is 15.7 Å². The van der Waals surface area contributed by atoms with E-state index in [9.17, 15) is 19.2 Å². The van der Waals surface area contributed by atoms with Gasteiger partial charge in [0.25, 0.3) is 5.89 Å². The van der Waals surface area contributed by atoms with Crippen LogP contribution in [0.5, 0.6) is 0 Å². The fourth-order valence-electron chi connectivity index (χ4n) is 3.40. The number of alkyl carbamates (subject to hydrolysis) is 1. The Labute approximate surface area is 210 Å². The van der Waals surface area contributed by atoms with Crippen LogP contribution in [0.2, 0.25) is 0 Å². The number of methoxy groups -OCH3 is 1. The van der Waals surface area contributed by atoms with Crippen LogP contribution in [-0.2, 0) is 27.4 Å². The van der Waals surface area contributed by atoms with Crippen molar-refractivity contribution in [3.8, 4) is 0 Å². The largest absolute Gasteiger partial charge is 0.445 e. The number of rotatable bonds is 14. The van der Waals surface area contributed by atoms with Crippen molar-refractivity contribution in [2.45, 2.75) is 65.8 Å². The number of ketones is 1. The van der Waals surface area contributed by atoms with Crippen molar-refractivity contribution < 1.29 is 28.3 Å². The van der Waals surface area contributed by atoms with Gasteiger partial charge in [-0.1, -0.05) is 58.0 Å². The number of nitrogens with zero attached hydrogens (tertiary/aromatic N) is 2. The van der Waals surface area contributed by atoms with Crippen LogP contribution < -0.4 is 16.4 Å². The number of aromatic nitrogens is 2. The summed E-state index contributed by atoms with van der Waals surface area (Å²) >= 11 is 0. The van der Waals surface area contributed by atoms with Gasteiger partial charge >= 0.3 is 11.8 Å². The highest BCUT2D eigenvalue weighted by Crippen LogP contribution is 2.10. The van der Waals surface area contributed by atoms with Gasteiger partial charge in [-0.3, -0.25) is 9.59 Å². The summed E-state index contributed by atoms with van der Waals surface area (Å²) in [6.45, 7) is 8.11. The molecule has 36 heavy (non-hydrogen) atoms. The predicted molar refractivity (Wildman–Crippen MR) is 131 cm³/mol. The number of ether oxygens (including phenoxy) is 2. The lowest BCUT2D eigenvalue weighted by Gasteiger charge is -2.23. The van der Waals surface area contributed by atoms with Crippen molar-refractivity contribution >= 4 is 17.8 Å². The van der Waals surface area contributed by atoms with Gasteiger partial charge in [-0.05, 0) is 30.2 Å². The van der Waals surface area contributed by atoms with Crippen molar-refractivity contribution in [3.05, 3.63) is 52.3 Å². The molecule has 198 valence electrons. The molecule has 0 aliphatic carbocycles. The van der Waals surface area contributed by atoms with Crippen LogP contribution in [0.3, 0.4) is 0 Å². The average molecular weight is 505 g/mol. The fraction of sp³-hybridized carbons (Fsp3) is 0.560. The highest BCUT2D eigenvalue weighted by atomic mass is 16.5. The van der Waals surface area contributed by atoms with Crippen LogP contribution in [-0.4, -0.2) is 53.4 Å². The summed E-state index contributed by atoms with van der Waals surface area (Å²) in [7, 11) is 1.46. The van der Waals surface area contributed by atoms with Crippen LogP contribution in [0.1, 0.15) is 56.8 Å². The number of nitrogens with one attached hydrogen (secondary N) is 2. The van der Waals surface area contributed by atoms with Gasteiger partial charge in [-0.25, -0.2) is 9.59 Å². The Morgan fingerprint density at radius 1 is 1.03 bits per heavy atom. The van der Waals surface area contributed by atoms with E-state index in [1.807, 2.05) is 58.0 Å². The maximum Gasteiger partial charge on any atom is 0.437 e. The van der Waals surface area contributed by atoms with E-state index < -0.39 is 41.5 Å². The molecule has 0 saturated carbocycles. The molecule has 0 radical (unpaired) electrons. The summed E-state index contributed by atoms with van der Waals surface area (Å²) < 4.78 is 16.4. The normalized spacial score (nSPS) is 12.9. The molecule has 1 aromatic carbocycles. The van der Waals surface area contributed by atoms with Crippen LogP contribution in [0.4, 0.5) is 4.79 Å². The number of hydrogen-bond donors (Lipinski definition) is 2. The first-order valence-corrected chi connectivity index (χ1v) is 12.0. The third-order valence-electron chi connectivity index (χ3n) is 5.13. The van der Waals surface area contributed by atoms with Crippen molar-refractivity contribution in [1.29, 1.82) is 0 Å². The molecule has 2 atom stereocenters. The number of amides is 2. The predicted octanol–water partition coefficient (Wildman–Crippen LogP) is 2.54. The van der Waals surface area contributed by atoms with Crippen molar-refractivity contribution in [3.63, 3.8) is 0 Å². The molecular weight excluding hydrogens is 468 g/mol. The van der Waals surface area contributed by atoms with E-state index in [-0.39, 0.29) is 38.0 Å². The van der Waals surface area contributed by atoms with Crippen LogP contribution in [0.15, 0.2) is 39.5 Å². The zero-order valence-corrected chi connectivity index (χ0v) is 21.5. The van der Waals surface area contributed by atoms with Gasteiger partial charge in [0.15, 0.2) is 0 Å². The molecule has 0 aliphatic heterocycles. The third kappa shape index (κ3) is 9.29.